The SMILES string of the molecule is CCC(C)(C)C(=O)OC1OCCCC12CCCCC2. The second-order valence-corrected chi connectivity index (χ2v) is 6.87. The maximum Gasteiger partial charge on any atom is 0.313 e. The molecule has 1 heterocycles. The Labute approximate surface area is 117 Å². The highest BCUT2D eigenvalue weighted by Crippen LogP contribution is 2.47. The third kappa shape index (κ3) is 3.13. The van der Waals surface area contributed by atoms with Crippen molar-refractivity contribution < 1.29 is 14.3 Å². The number of hydrogen-bond acceptors (Lipinski definition) is 3. The van der Waals surface area contributed by atoms with Crippen molar-refractivity contribution >= 4 is 5.97 Å². The van der Waals surface area contributed by atoms with E-state index in [4.69, 9.17) is 9.47 Å². The van der Waals surface area contributed by atoms with E-state index < -0.39 is 5.41 Å². The molecule has 0 aromatic heterocycles. The van der Waals surface area contributed by atoms with Crippen molar-refractivity contribution in [3.05, 3.63) is 0 Å². The van der Waals surface area contributed by atoms with Gasteiger partial charge in [0.1, 0.15) is 0 Å². The highest BCUT2D eigenvalue weighted by Gasteiger charge is 2.46. The number of rotatable bonds is 3. The van der Waals surface area contributed by atoms with Crippen molar-refractivity contribution in [3.8, 4) is 0 Å². The summed E-state index contributed by atoms with van der Waals surface area (Å²) in [6.45, 7) is 6.66. The van der Waals surface area contributed by atoms with Crippen molar-refractivity contribution in [3.63, 3.8) is 0 Å². The maximum atomic E-state index is 12.3. The van der Waals surface area contributed by atoms with E-state index in [-0.39, 0.29) is 17.7 Å². The van der Waals surface area contributed by atoms with Gasteiger partial charge in [-0.15, -0.1) is 0 Å². The van der Waals surface area contributed by atoms with Crippen molar-refractivity contribution in [1.82, 2.24) is 0 Å². The molecule has 0 aromatic carbocycles. The van der Waals surface area contributed by atoms with Crippen LogP contribution in [-0.4, -0.2) is 18.9 Å². The molecule has 0 radical (unpaired) electrons. The van der Waals surface area contributed by atoms with Gasteiger partial charge in [-0.3, -0.25) is 4.79 Å². The Morgan fingerprint density at radius 1 is 1.21 bits per heavy atom. The van der Waals surface area contributed by atoms with E-state index in [9.17, 15) is 4.79 Å². The summed E-state index contributed by atoms with van der Waals surface area (Å²) in [6.07, 6.45) is 8.84. The second kappa shape index (κ2) is 5.82. The fourth-order valence-electron chi connectivity index (χ4n) is 3.21. The molecule has 1 unspecified atom stereocenters. The van der Waals surface area contributed by atoms with Crippen LogP contribution < -0.4 is 0 Å². The molecule has 1 saturated heterocycles. The zero-order chi connectivity index (χ0) is 13.9. The van der Waals surface area contributed by atoms with E-state index in [2.05, 4.69) is 0 Å². The molecular formula is C16H28O3. The molecule has 0 aromatic rings. The number of esters is 1. The van der Waals surface area contributed by atoms with Gasteiger partial charge >= 0.3 is 5.97 Å². The summed E-state index contributed by atoms with van der Waals surface area (Å²) in [6, 6.07) is 0. The Hall–Kier alpha value is -0.570. The lowest BCUT2D eigenvalue weighted by Gasteiger charge is -2.45. The molecule has 0 N–H and O–H groups in total. The molecular weight excluding hydrogens is 240 g/mol. The Bertz CT molecular complexity index is 308. The lowest BCUT2D eigenvalue weighted by molar-refractivity contribution is -0.241. The van der Waals surface area contributed by atoms with Gasteiger partial charge in [-0.2, -0.15) is 0 Å². The molecule has 3 nitrogen and oxygen atoms in total. The van der Waals surface area contributed by atoms with Gasteiger partial charge in [0.25, 0.3) is 0 Å². The first-order valence-corrected chi connectivity index (χ1v) is 7.83. The molecule has 19 heavy (non-hydrogen) atoms. The third-order valence-electron chi connectivity index (χ3n) is 5.09. The minimum Gasteiger partial charge on any atom is -0.435 e. The Morgan fingerprint density at radius 3 is 2.47 bits per heavy atom. The predicted molar refractivity (Wildman–Crippen MR) is 74.7 cm³/mol. The fraction of sp³-hybridized carbons (Fsp3) is 0.938. The smallest absolute Gasteiger partial charge is 0.313 e. The first-order valence-electron chi connectivity index (χ1n) is 7.83. The molecule has 1 spiro atoms. The van der Waals surface area contributed by atoms with Crippen LogP contribution in [0.2, 0.25) is 0 Å². The van der Waals surface area contributed by atoms with Crippen LogP contribution in [0.3, 0.4) is 0 Å². The summed E-state index contributed by atoms with van der Waals surface area (Å²) < 4.78 is 11.6. The van der Waals surface area contributed by atoms with E-state index in [1.54, 1.807) is 0 Å². The van der Waals surface area contributed by atoms with Gasteiger partial charge in [-0.1, -0.05) is 26.2 Å². The summed E-state index contributed by atoms with van der Waals surface area (Å²) in [5, 5.41) is 0. The van der Waals surface area contributed by atoms with Gasteiger partial charge in [0.15, 0.2) is 0 Å². The first kappa shape index (κ1) is 14.8. The number of carbonyl (C=O) groups excluding carboxylic acids is 1. The fourth-order valence-corrected chi connectivity index (χ4v) is 3.21. The Balaban J connectivity index is 2.06. The van der Waals surface area contributed by atoms with Crippen molar-refractivity contribution in [2.24, 2.45) is 10.8 Å². The van der Waals surface area contributed by atoms with Crippen LogP contribution in [0.15, 0.2) is 0 Å². The molecule has 2 fully saturated rings. The zero-order valence-electron chi connectivity index (χ0n) is 12.7. The Kier molecular flexibility index (Phi) is 4.54. The molecule has 2 aliphatic rings. The van der Waals surface area contributed by atoms with E-state index >= 15 is 0 Å². The van der Waals surface area contributed by atoms with Crippen LogP contribution in [0.4, 0.5) is 0 Å². The highest BCUT2D eigenvalue weighted by atomic mass is 16.7. The van der Waals surface area contributed by atoms with Crippen molar-refractivity contribution in [1.29, 1.82) is 0 Å². The van der Waals surface area contributed by atoms with Crippen molar-refractivity contribution in [2.45, 2.75) is 78.4 Å². The van der Waals surface area contributed by atoms with E-state index in [0.717, 1.165) is 38.7 Å². The Morgan fingerprint density at radius 2 is 1.84 bits per heavy atom. The van der Waals surface area contributed by atoms with Crippen LogP contribution in [0, 0.1) is 10.8 Å². The summed E-state index contributed by atoms with van der Waals surface area (Å²) >= 11 is 0. The van der Waals surface area contributed by atoms with Gasteiger partial charge < -0.3 is 9.47 Å². The van der Waals surface area contributed by atoms with Crippen LogP contribution in [0.1, 0.15) is 72.1 Å². The monoisotopic (exact) mass is 268 g/mol. The van der Waals surface area contributed by atoms with E-state index in [0.29, 0.717) is 0 Å². The molecule has 1 aliphatic heterocycles. The lowest BCUT2D eigenvalue weighted by atomic mass is 9.69. The average Bonchev–Trinajstić information content (AvgIpc) is 2.42. The lowest BCUT2D eigenvalue weighted by Crippen LogP contribution is -2.47. The molecule has 1 atom stereocenters. The number of carbonyl (C=O) groups is 1. The molecule has 0 amide bonds. The quantitative estimate of drug-likeness (QED) is 0.724. The molecule has 2 rings (SSSR count). The van der Waals surface area contributed by atoms with E-state index in [1.165, 1.54) is 19.3 Å². The van der Waals surface area contributed by atoms with Crippen molar-refractivity contribution in [2.75, 3.05) is 6.61 Å². The molecule has 0 bridgehead atoms. The van der Waals surface area contributed by atoms with Gasteiger partial charge in [0.2, 0.25) is 6.29 Å². The van der Waals surface area contributed by atoms with Gasteiger partial charge in [0.05, 0.1) is 12.0 Å². The molecule has 110 valence electrons. The number of ether oxygens (including phenoxy) is 2. The summed E-state index contributed by atoms with van der Waals surface area (Å²) in [5.74, 6) is -0.105. The summed E-state index contributed by atoms with van der Waals surface area (Å²) in [7, 11) is 0. The van der Waals surface area contributed by atoms with E-state index in [1.807, 2.05) is 20.8 Å². The minimum absolute atomic E-state index is 0.105. The molecule has 3 heteroatoms. The predicted octanol–water partition coefficient (Wildman–Crippen LogP) is 4.05. The topological polar surface area (TPSA) is 35.5 Å². The summed E-state index contributed by atoms with van der Waals surface area (Å²) in [5.41, 5.74) is -0.299. The van der Waals surface area contributed by atoms with Crippen LogP contribution in [-0.2, 0) is 14.3 Å². The van der Waals surface area contributed by atoms with Crippen LogP contribution >= 0.6 is 0 Å². The van der Waals surface area contributed by atoms with Crippen LogP contribution in [0.25, 0.3) is 0 Å². The minimum atomic E-state index is -0.406. The molecule has 1 aliphatic carbocycles. The highest BCUT2D eigenvalue weighted by molar-refractivity contribution is 5.75. The molecule has 1 saturated carbocycles. The van der Waals surface area contributed by atoms with Gasteiger partial charge in [-0.25, -0.2) is 0 Å². The number of hydrogen-bond donors (Lipinski definition) is 0. The zero-order valence-corrected chi connectivity index (χ0v) is 12.7. The van der Waals surface area contributed by atoms with Gasteiger partial charge in [0, 0.05) is 5.41 Å². The average molecular weight is 268 g/mol. The maximum absolute atomic E-state index is 12.3. The normalized spacial score (nSPS) is 27.2. The largest absolute Gasteiger partial charge is 0.435 e. The first-order chi connectivity index (χ1) is 9.00. The van der Waals surface area contributed by atoms with Crippen LogP contribution in [0.5, 0.6) is 0 Å². The van der Waals surface area contributed by atoms with Gasteiger partial charge in [-0.05, 0) is 46.0 Å². The second-order valence-electron chi connectivity index (χ2n) is 6.87. The summed E-state index contributed by atoms with van der Waals surface area (Å²) in [4.78, 5) is 12.3. The third-order valence-corrected chi connectivity index (χ3v) is 5.09. The standard InChI is InChI=1S/C16H28O3/c1-4-15(2,3)13(17)19-14-16(11-8-12-18-14)9-6-5-7-10-16/h14H,4-12H2,1-3H3.